The van der Waals surface area contributed by atoms with Gasteiger partial charge in [-0.15, -0.1) is 4.36 Å². The van der Waals surface area contributed by atoms with Crippen LogP contribution < -0.4 is 16.4 Å². The molecule has 0 aliphatic heterocycles. The minimum Gasteiger partial charge on any atom is -0.459 e. The highest BCUT2D eigenvalue weighted by Crippen LogP contribution is 2.24. The molecule has 10 nitrogen and oxygen atoms in total. The number of amides is 1. The van der Waals surface area contributed by atoms with Crippen LogP contribution in [0.25, 0.3) is 5.57 Å². The lowest BCUT2D eigenvalue weighted by Crippen LogP contribution is -2.38. The van der Waals surface area contributed by atoms with Crippen LogP contribution in [-0.2, 0) is 25.0 Å². The summed E-state index contributed by atoms with van der Waals surface area (Å²) in [6.45, 7) is 11.8. The zero-order chi connectivity index (χ0) is 29.0. The molecule has 0 saturated carbocycles. The maximum atomic E-state index is 12.2. The molecule has 2 aromatic rings. The number of hydrogen-bond acceptors (Lipinski definition) is 9. The molecule has 0 saturated heterocycles. The van der Waals surface area contributed by atoms with Crippen LogP contribution in [0.15, 0.2) is 57.9 Å². The number of ether oxygens (including phenoxy) is 2. The molecule has 0 aliphatic rings. The Balaban J connectivity index is 2.19. The molecule has 0 fully saturated rings. The Labute approximate surface area is 233 Å². The van der Waals surface area contributed by atoms with E-state index in [-0.39, 0.29) is 0 Å². The lowest BCUT2D eigenvalue weighted by molar-refractivity contribution is -0.156. The number of nitrogens with one attached hydrogen (secondary N) is 2. The second-order valence-electron chi connectivity index (χ2n) is 9.60. The monoisotopic (exact) mass is 556 g/mol. The van der Waals surface area contributed by atoms with Gasteiger partial charge in [0.05, 0.1) is 6.61 Å². The van der Waals surface area contributed by atoms with Crippen LogP contribution >= 0.6 is 0 Å². The van der Waals surface area contributed by atoms with Crippen molar-refractivity contribution >= 4 is 45.8 Å². The molecule has 0 radical (unpaired) electrons. The lowest BCUT2D eigenvalue weighted by atomic mass is 10.1. The van der Waals surface area contributed by atoms with Crippen LogP contribution in [0.3, 0.4) is 0 Å². The predicted molar refractivity (Wildman–Crippen MR) is 158 cm³/mol. The SMILES string of the molecule is C/C=C\C=C(/C)c1cnc(Nc2ccc(S(C)=NC(=O)OCC)cc2)nc1NCCC(N)C(=O)OC(C)(C)C. The predicted octanol–water partition coefficient (Wildman–Crippen LogP) is 5.62. The van der Waals surface area contributed by atoms with E-state index < -0.39 is 34.4 Å². The Morgan fingerprint density at radius 3 is 2.54 bits per heavy atom. The summed E-state index contributed by atoms with van der Waals surface area (Å²) >= 11 is 0. The molecule has 4 N–H and O–H groups in total. The average molecular weight is 557 g/mol. The third-order valence-electron chi connectivity index (χ3n) is 5.14. The molecule has 2 unspecified atom stereocenters. The van der Waals surface area contributed by atoms with Crippen molar-refractivity contribution in [2.24, 2.45) is 10.1 Å². The van der Waals surface area contributed by atoms with Crippen LogP contribution in [0, 0.1) is 0 Å². The average Bonchev–Trinajstić information content (AvgIpc) is 2.86. The van der Waals surface area contributed by atoms with Gasteiger partial charge in [-0.2, -0.15) is 4.98 Å². The Bertz CT molecular complexity index is 1220. The number of hydrogen-bond donors (Lipinski definition) is 3. The molecule has 2 atom stereocenters. The summed E-state index contributed by atoms with van der Waals surface area (Å²) < 4.78 is 14.3. The fraction of sp³-hybridized carbons (Fsp3) is 0.429. The number of esters is 1. The maximum Gasteiger partial charge on any atom is 0.439 e. The molecule has 212 valence electrons. The van der Waals surface area contributed by atoms with Gasteiger partial charge in [0.25, 0.3) is 0 Å². The Morgan fingerprint density at radius 1 is 1.23 bits per heavy atom. The second-order valence-corrected chi connectivity index (χ2v) is 11.2. The number of carbonyl (C=O) groups is 2. The maximum absolute atomic E-state index is 12.2. The van der Waals surface area contributed by atoms with E-state index in [0.717, 1.165) is 21.7 Å². The number of benzene rings is 1. The van der Waals surface area contributed by atoms with Crippen LogP contribution in [0.5, 0.6) is 0 Å². The highest BCUT2D eigenvalue weighted by Gasteiger charge is 2.22. The number of carbonyl (C=O) groups excluding carboxylic acids is 2. The van der Waals surface area contributed by atoms with Crippen molar-refractivity contribution in [1.29, 1.82) is 0 Å². The standard InChI is InChI=1S/C28H40N6O4S/c1-8-10-11-19(3)22-18-31-26(33-24(22)30-17-16-23(29)25(35)38-28(4,5)6)32-20-12-14-21(15-13-20)39(7)34-27(36)37-9-2/h8,10-15,18,23H,9,16-17,29H2,1-7H3,(H2,30,31,32,33)/b10-8-,19-11+. The highest BCUT2D eigenvalue weighted by molar-refractivity contribution is 7.86. The Kier molecular flexibility index (Phi) is 12.3. The van der Waals surface area contributed by atoms with Gasteiger partial charge in [-0.25, -0.2) is 9.78 Å². The number of aromatic nitrogens is 2. The molecule has 0 aliphatic carbocycles. The summed E-state index contributed by atoms with van der Waals surface area (Å²) in [6, 6.07) is 6.78. The van der Waals surface area contributed by atoms with Crippen molar-refractivity contribution in [1.82, 2.24) is 9.97 Å². The summed E-state index contributed by atoms with van der Waals surface area (Å²) in [5, 5.41) is 6.51. The van der Waals surface area contributed by atoms with Crippen molar-refractivity contribution in [2.45, 2.75) is 64.5 Å². The van der Waals surface area contributed by atoms with Gasteiger partial charge in [-0.1, -0.05) is 28.9 Å². The van der Waals surface area contributed by atoms with Crippen molar-refractivity contribution in [3.05, 3.63) is 54.3 Å². The second kappa shape index (κ2) is 15.1. The van der Waals surface area contributed by atoms with E-state index in [1.807, 2.05) is 83.4 Å². The van der Waals surface area contributed by atoms with Gasteiger partial charge in [0, 0.05) is 28.9 Å². The minimum atomic E-state index is -0.753. The molecule has 1 aromatic carbocycles. The summed E-state index contributed by atoms with van der Waals surface area (Å²) in [5.74, 6) is 0.574. The highest BCUT2D eigenvalue weighted by atomic mass is 32.2. The lowest BCUT2D eigenvalue weighted by Gasteiger charge is -2.22. The van der Waals surface area contributed by atoms with Crippen molar-refractivity contribution in [3.8, 4) is 0 Å². The van der Waals surface area contributed by atoms with E-state index in [1.165, 1.54) is 0 Å². The van der Waals surface area contributed by atoms with E-state index in [1.54, 1.807) is 13.1 Å². The molecular formula is C28H40N6O4S. The first-order valence-electron chi connectivity index (χ1n) is 12.7. The fourth-order valence-corrected chi connectivity index (χ4v) is 4.13. The van der Waals surface area contributed by atoms with Crippen LogP contribution in [-0.4, -0.2) is 53.1 Å². The van der Waals surface area contributed by atoms with Crippen LogP contribution in [0.2, 0.25) is 0 Å². The summed E-state index contributed by atoms with van der Waals surface area (Å²) in [4.78, 5) is 34.0. The largest absolute Gasteiger partial charge is 0.459 e. The Hall–Kier alpha value is -3.57. The van der Waals surface area contributed by atoms with Gasteiger partial charge >= 0.3 is 12.1 Å². The third kappa shape index (κ3) is 11.0. The smallest absolute Gasteiger partial charge is 0.439 e. The van der Waals surface area contributed by atoms with Crippen molar-refractivity contribution in [3.63, 3.8) is 0 Å². The van der Waals surface area contributed by atoms with Crippen LogP contribution in [0.4, 0.5) is 22.2 Å². The topological polar surface area (TPSA) is 141 Å². The zero-order valence-corrected chi connectivity index (χ0v) is 24.6. The first-order valence-corrected chi connectivity index (χ1v) is 14.3. The van der Waals surface area contributed by atoms with Crippen molar-refractivity contribution in [2.75, 3.05) is 30.0 Å². The van der Waals surface area contributed by atoms with Gasteiger partial charge in [0.2, 0.25) is 5.95 Å². The summed E-state index contributed by atoms with van der Waals surface area (Å²) in [5.41, 5.74) is 8.03. The molecule has 1 amide bonds. The first-order chi connectivity index (χ1) is 18.4. The van der Waals surface area contributed by atoms with E-state index in [4.69, 9.17) is 15.2 Å². The number of nitrogens with zero attached hydrogens (tertiary/aromatic N) is 3. The third-order valence-corrected chi connectivity index (χ3v) is 6.52. The van der Waals surface area contributed by atoms with Gasteiger partial charge in [0.15, 0.2) is 0 Å². The zero-order valence-electron chi connectivity index (χ0n) is 23.8. The number of allylic oxidation sites excluding steroid dienone is 4. The van der Waals surface area contributed by atoms with E-state index >= 15 is 0 Å². The molecular weight excluding hydrogens is 516 g/mol. The molecule has 1 aromatic heterocycles. The summed E-state index contributed by atoms with van der Waals surface area (Å²) in [6.07, 6.45) is 9.28. The van der Waals surface area contributed by atoms with E-state index in [9.17, 15) is 9.59 Å². The molecule has 39 heavy (non-hydrogen) atoms. The fourth-order valence-electron chi connectivity index (χ4n) is 3.22. The molecule has 0 bridgehead atoms. The first kappa shape index (κ1) is 31.6. The van der Waals surface area contributed by atoms with Crippen LogP contribution in [0.1, 0.15) is 53.5 Å². The van der Waals surface area contributed by atoms with E-state index in [0.29, 0.717) is 31.3 Å². The number of nitrogens with two attached hydrogens (primary N) is 1. The quantitative estimate of drug-likeness (QED) is 0.238. The molecule has 0 spiro atoms. The normalized spacial score (nSPS) is 13.7. The van der Waals surface area contributed by atoms with Gasteiger partial charge in [-0.3, -0.25) is 4.79 Å². The minimum absolute atomic E-state index is 0.291. The number of anilines is 3. The molecule has 2 rings (SSSR count). The number of rotatable bonds is 11. The van der Waals surface area contributed by atoms with E-state index in [2.05, 4.69) is 25.0 Å². The van der Waals surface area contributed by atoms with Gasteiger partial charge < -0.3 is 25.8 Å². The molecule has 11 heteroatoms. The van der Waals surface area contributed by atoms with Gasteiger partial charge in [-0.05, 0) is 84.1 Å². The Morgan fingerprint density at radius 2 is 1.92 bits per heavy atom. The van der Waals surface area contributed by atoms with Crippen molar-refractivity contribution < 1.29 is 19.1 Å². The summed E-state index contributed by atoms with van der Waals surface area (Å²) in [7, 11) is -0.625. The van der Waals surface area contributed by atoms with Gasteiger partial charge in [0.1, 0.15) is 17.5 Å². The molecule has 1 heterocycles.